The van der Waals surface area contributed by atoms with Crippen LogP contribution in [-0.2, 0) is 6.54 Å². The van der Waals surface area contributed by atoms with Crippen molar-refractivity contribution >= 4 is 10.9 Å². The zero-order chi connectivity index (χ0) is 8.39. The molecule has 2 aromatic rings. The van der Waals surface area contributed by atoms with Gasteiger partial charge in [-0.3, -0.25) is 5.10 Å². The van der Waals surface area contributed by atoms with Crippen LogP contribution >= 0.6 is 0 Å². The number of aromatic amines is 1. The number of H-pyrrole nitrogens is 1. The largest absolute Gasteiger partial charge is 0.316 e. The molecule has 3 heteroatoms. The number of rotatable bonds is 2. The molecule has 0 unspecified atom stereocenters. The lowest BCUT2D eigenvalue weighted by Crippen LogP contribution is -2.04. The highest BCUT2D eigenvalue weighted by Gasteiger charge is 1.95. The minimum absolute atomic E-state index is 0.904. The summed E-state index contributed by atoms with van der Waals surface area (Å²) in [5.74, 6) is 0. The molecule has 0 bridgehead atoms. The number of fused-ring (bicyclic) bond motifs is 1. The first kappa shape index (κ1) is 7.31. The standard InChI is InChI=1S/C9H11N3/c1-10-5-7-2-3-9-8(4-7)6-11-12-9/h2-4,6,10H,5H2,1H3,(H,11,12). The van der Waals surface area contributed by atoms with Gasteiger partial charge in [0, 0.05) is 11.9 Å². The van der Waals surface area contributed by atoms with E-state index in [1.165, 1.54) is 10.9 Å². The molecule has 12 heavy (non-hydrogen) atoms. The van der Waals surface area contributed by atoms with E-state index < -0.39 is 0 Å². The number of benzene rings is 1. The lowest BCUT2D eigenvalue weighted by molar-refractivity contribution is 0.819. The van der Waals surface area contributed by atoms with Gasteiger partial charge < -0.3 is 5.32 Å². The average molecular weight is 161 g/mol. The fourth-order valence-electron chi connectivity index (χ4n) is 1.31. The molecule has 1 aromatic carbocycles. The summed E-state index contributed by atoms with van der Waals surface area (Å²) in [6.45, 7) is 0.904. The molecular weight excluding hydrogens is 150 g/mol. The van der Waals surface area contributed by atoms with Gasteiger partial charge in [-0.1, -0.05) is 6.07 Å². The van der Waals surface area contributed by atoms with Gasteiger partial charge in [0.25, 0.3) is 0 Å². The van der Waals surface area contributed by atoms with Crippen LogP contribution in [0.1, 0.15) is 5.56 Å². The van der Waals surface area contributed by atoms with Gasteiger partial charge in [0.2, 0.25) is 0 Å². The van der Waals surface area contributed by atoms with Crippen LogP contribution in [0.5, 0.6) is 0 Å². The summed E-state index contributed by atoms with van der Waals surface area (Å²) in [5, 5.41) is 11.2. The molecule has 0 saturated carbocycles. The lowest BCUT2D eigenvalue weighted by atomic mass is 10.1. The number of aromatic nitrogens is 2. The highest BCUT2D eigenvalue weighted by molar-refractivity contribution is 5.78. The van der Waals surface area contributed by atoms with Gasteiger partial charge in [-0.05, 0) is 24.7 Å². The molecule has 0 amide bonds. The highest BCUT2D eigenvalue weighted by atomic mass is 15.1. The second-order valence-corrected chi connectivity index (χ2v) is 2.82. The molecule has 3 nitrogen and oxygen atoms in total. The third-order valence-corrected chi connectivity index (χ3v) is 1.89. The van der Waals surface area contributed by atoms with Crippen LogP contribution in [0.15, 0.2) is 24.4 Å². The van der Waals surface area contributed by atoms with Crippen LogP contribution < -0.4 is 5.32 Å². The van der Waals surface area contributed by atoms with Crippen molar-refractivity contribution in [3.05, 3.63) is 30.0 Å². The van der Waals surface area contributed by atoms with Crippen LogP contribution in [0.3, 0.4) is 0 Å². The number of hydrogen-bond donors (Lipinski definition) is 2. The molecule has 0 saturated heterocycles. The van der Waals surface area contributed by atoms with Crippen LogP contribution in [0.25, 0.3) is 10.9 Å². The quantitative estimate of drug-likeness (QED) is 0.696. The Labute approximate surface area is 70.8 Å². The second-order valence-electron chi connectivity index (χ2n) is 2.82. The zero-order valence-electron chi connectivity index (χ0n) is 6.96. The fraction of sp³-hybridized carbons (Fsp3) is 0.222. The Bertz CT molecular complexity index is 378. The summed E-state index contributed by atoms with van der Waals surface area (Å²) in [4.78, 5) is 0. The minimum atomic E-state index is 0.904. The number of nitrogens with zero attached hydrogens (tertiary/aromatic N) is 1. The monoisotopic (exact) mass is 161 g/mol. The molecule has 0 aliphatic rings. The van der Waals surface area contributed by atoms with E-state index in [1.807, 2.05) is 13.2 Å². The molecule has 1 heterocycles. The van der Waals surface area contributed by atoms with Crippen molar-refractivity contribution in [3.63, 3.8) is 0 Å². The molecule has 62 valence electrons. The van der Waals surface area contributed by atoms with Crippen molar-refractivity contribution in [1.29, 1.82) is 0 Å². The zero-order valence-corrected chi connectivity index (χ0v) is 6.96. The first-order chi connectivity index (χ1) is 5.90. The molecule has 0 aliphatic carbocycles. The summed E-state index contributed by atoms with van der Waals surface area (Å²) in [6, 6.07) is 6.28. The van der Waals surface area contributed by atoms with Crippen LogP contribution in [0, 0.1) is 0 Å². The third-order valence-electron chi connectivity index (χ3n) is 1.89. The highest BCUT2D eigenvalue weighted by Crippen LogP contribution is 2.12. The van der Waals surface area contributed by atoms with E-state index in [0.717, 1.165) is 12.1 Å². The Morgan fingerprint density at radius 3 is 3.25 bits per heavy atom. The molecule has 0 spiro atoms. The van der Waals surface area contributed by atoms with Crippen molar-refractivity contribution in [3.8, 4) is 0 Å². The number of hydrogen-bond acceptors (Lipinski definition) is 2. The normalized spacial score (nSPS) is 10.8. The molecule has 2 N–H and O–H groups in total. The Hall–Kier alpha value is -1.35. The Morgan fingerprint density at radius 1 is 1.50 bits per heavy atom. The Morgan fingerprint density at radius 2 is 2.42 bits per heavy atom. The molecule has 2 rings (SSSR count). The lowest BCUT2D eigenvalue weighted by Gasteiger charge is -1.98. The topological polar surface area (TPSA) is 40.7 Å². The molecular formula is C9H11N3. The molecule has 1 aromatic heterocycles. The van der Waals surface area contributed by atoms with Crippen molar-refractivity contribution in [2.24, 2.45) is 0 Å². The van der Waals surface area contributed by atoms with Crippen LogP contribution in [-0.4, -0.2) is 17.2 Å². The van der Waals surface area contributed by atoms with E-state index in [4.69, 9.17) is 0 Å². The Kier molecular flexibility index (Phi) is 1.80. The number of nitrogens with one attached hydrogen (secondary N) is 2. The first-order valence-electron chi connectivity index (χ1n) is 3.97. The molecule has 0 atom stereocenters. The smallest absolute Gasteiger partial charge is 0.0650 e. The third kappa shape index (κ3) is 1.19. The van der Waals surface area contributed by atoms with E-state index >= 15 is 0 Å². The SMILES string of the molecule is CNCc1ccc2[nH]ncc2c1. The summed E-state index contributed by atoms with van der Waals surface area (Å²) in [6.07, 6.45) is 1.84. The maximum absolute atomic E-state index is 3.96. The molecule has 0 fully saturated rings. The minimum Gasteiger partial charge on any atom is -0.316 e. The van der Waals surface area contributed by atoms with Gasteiger partial charge in [-0.25, -0.2) is 0 Å². The summed E-state index contributed by atoms with van der Waals surface area (Å²) in [7, 11) is 1.94. The van der Waals surface area contributed by atoms with Crippen LogP contribution in [0.2, 0.25) is 0 Å². The average Bonchev–Trinajstić information content (AvgIpc) is 2.51. The Balaban J connectivity index is 2.46. The van der Waals surface area contributed by atoms with Gasteiger partial charge in [-0.15, -0.1) is 0 Å². The van der Waals surface area contributed by atoms with Crippen LogP contribution in [0.4, 0.5) is 0 Å². The summed E-state index contributed by atoms with van der Waals surface area (Å²) < 4.78 is 0. The van der Waals surface area contributed by atoms with Gasteiger partial charge in [0.15, 0.2) is 0 Å². The second kappa shape index (κ2) is 2.95. The van der Waals surface area contributed by atoms with E-state index in [0.29, 0.717) is 0 Å². The van der Waals surface area contributed by atoms with E-state index in [1.54, 1.807) is 0 Å². The van der Waals surface area contributed by atoms with Crippen molar-refractivity contribution in [2.45, 2.75) is 6.54 Å². The van der Waals surface area contributed by atoms with Gasteiger partial charge >= 0.3 is 0 Å². The van der Waals surface area contributed by atoms with Gasteiger partial charge in [0.1, 0.15) is 0 Å². The summed E-state index contributed by atoms with van der Waals surface area (Å²) in [5.41, 5.74) is 2.38. The fourth-order valence-corrected chi connectivity index (χ4v) is 1.31. The van der Waals surface area contributed by atoms with E-state index in [9.17, 15) is 0 Å². The van der Waals surface area contributed by atoms with E-state index in [-0.39, 0.29) is 0 Å². The molecule has 0 aliphatic heterocycles. The van der Waals surface area contributed by atoms with Gasteiger partial charge in [0.05, 0.1) is 11.7 Å². The maximum atomic E-state index is 3.96. The maximum Gasteiger partial charge on any atom is 0.0650 e. The van der Waals surface area contributed by atoms with Crippen molar-refractivity contribution in [2.75, 3.05) is 7.05 Å². The first-order valence-corrected chi connectivity index (χ1v) is 3.97. The molecule has 0 radical (unpaired) electrons. The van der Waals surface area contributed by atoms with Crippen molar-refractivity contribution in [1.82, 2.24) is 15.5 Å². The predicted molar refractivity (Wildman–Crippen MR) is 48.9 cm³/mol. The predicted octanol–water partition coefficient (Wildman–Crippen LogP) is 1.28. The van der Waals surface area contributed by atoms with E-state index in [2.05, 4.69) is 33.7 Å². The summed E-state index contributed by atoms with van der Waals surface area (Å²) >= 11 is 0. The van der Waals surface area contributed by atoms with Crippen molar-refractivity contribution < 1.29 is 0 Å². The van der Waals surface area contributed by atoms with Gasteiger partial charge in [-0.2, -0.15) is 5.10 Å².